The van der Waals surface area contributed by atoms with Crippen molar-refractivity contribution < 1.29 is 13.9 Å². The van der Waals surface area contributed by atoms with E-state index in [2.05, 4.69) is 4.98 Å². The molecule has 4 nitrogen and oxygen atoms in total. The molecule has 1 saturated carbocycles. The number of ether oxygens (including phenoxy) is 1. The molecule has 1 aliphatic rings. The van der Waals surface area contributed by atoms with Gasteiger partial charge in [0.2, 0.25) is 0 Å². The van der Waals surface area contributed by atoms with Crippen LogP contribution in [-0.4, -0.2) is 11.0 Å². The molecule has 1 aromatic heterocycles. The Morgan fingerprint density at radius 1 is 1.47 bits per heavy atom. The Labute approximate surface area is 98.6 Å². The van der Waals surface area contributed by atoms with Gasteiger partial charge in [0, 0.05) is 13.0 Å². The maximum atomic E-state index is 11.7. The molecule has 0 unspecified atom stereocenters. The van der Waals surface area contributed by atoms with E-state index in [1.54, 1.807) is 25.1 Å². The Bertz CT molecular complexity index is 569. The van der Waals surface area contributed by atoms with E-state index in [9.17, 15) is 4.79 Å². The zero-order chi connectivity index (χ0) is 11.8. The molecule has 0 amide bonds. The molecule has 2 aromatic rings. The zero-order valence-corrected chi connectivity index (χ0v) is 9.60. The lowest BCUT2D eigenvalue weighted by atomic mass is 9.86. The standard InChI is InChI=1S/C13H13NO3/c1-8-14-11-6-5-10(7-12(11)16-8)17-13(15)9-3-2-4-9/h5-7,9H,2-4H2,1H3. The van der Waals surface area contributed by atoms with Gasteiger partial charge in [-0.15, -0.1) is 0 Å². The van der Waals surface area contributed by atoms with Crippen LogP contribution in [0.2, 0.25) is 0 Å². The van der Waals surface area contributed by atoms with Crippen LogP contribution in [0.3, 0.4) is 0 Å². The van der Waals surface area contributed by atoms with Gasteiger partial charge in [0.05, 0.1) is 5.92 Å². The Morgan fingerprint density at radius 2 is 2.29 bits per heavy atom. The van der Waals surface area contributed by atoms with Crippen LogP contribution in [0.4, 0.5) is 0 Å². The molecule has 0 saturated heterocycles. The third-order valence-corrected chi connectivity index (χ3v) is 3.12. The molecule has 0 bridgehead atoms. The smallest absolute Gasteiger partial charge is 0.314 e. The van der Waals surface area contributed by atoms with E-state index >= 15 is 0 Å². The van der Waals surface area contributed by atoms with Crippen LogP contribution >= 0.6 is 0 Å². The van der Waals surface area contributed by atoms with Crippen molar-refractivity contribution in [1.29, 1.82) is 0 Å². The van der Waals surface area contributed by atoms with Crippen LogP contribution in [0.5, 0.6) is 5.75 Å². The fraction of sp³-hybridized carbons (Fsp3) is 0.385. The summed E-state index contributed by atoms with van der Waals surface area (Å²) in [6, 6.07) is 5.27. The quantitative estimate of drug-likeness (QED) is 0.589. The average molecular weight is 231 g/mol. The molecule has 0 aliphatic heterocycles. The highest BCUT2D eigenvalue weighted by molar-refractivity contribution is 5.79. The number of hydrogen-bond acceptors (Lipinski definition) is 4. The van der Waals surface area contributed by atoms with E-state index < -0.39 is 0 Å². The third-order valence-electron chi connectivity index (χ3n) is 3.12. The van der Waals surface area contributed by atoms with Crippen molar-refractivity contribution >= 4 is 17.1 Å². The van der Waals surface area contributed by atoms with Gasteiger partial charge in [-0.1, -0.05) is 6.42 Å². The summed E-state index contributed by atoms with van der Waals surface area (Å²) in [4.78, 5) is 15.9. The molecular weight excluding hydrogens is 218 g/mol. The highest BCUT2D eigenvalue weighted by Gasteiger charge is 2.27. The monoisotopic (exact) mass is 231 g/mol. The number of benzene rings is 1. The minimum Gasteiger partial charge on any atom is -0.441 e. The molecule has 3 rings (SSSR count). The fourth-order valence-electron chi connectivity index (χ4n) is 1.93. The first kappa shape index (κ1) is 10.3. The molecule has 1 heterocycles. The SMILES string of the molecule is Cc1nc2ccc(OC(=O)C3CCC3)cc2o1. The van der Waals surface area contributed by atoms with Gasteiger partial charge < -0.3 is 9.15 Å². The van der Waals surface area contributed by atoms with Gasteiger partial charge >= 0.3 is 5.97 Å². The van der Waals surface area contributed by atoms with Crippen molar-refractivity contribution in [3.05, 3.63) is 24.1 Å². The largest absolute Gasteiger partial charge is 0.441 e. The minimum absolute atomic E-state index is 0.0853. The zero-order valence-electron chi connectivity index (χ0n) is 9.60. The summed E-state index contributed by atoms with van der Waals surface area (Å²) < 4.78 is 10.7. The third kappa shape index (κ3) is 1.90. The summed E-state index contributed by atoms with van der Waals surface area (Å²) >= 11 is 0. The molecule has 0 atom stereocenters. The Balaban J connectivity index is 1.82. The lowest BCUT2D eigenvalue weighted by Crippen LogP contribution is -2.26. The van der Waals surface area contributed by atoms with Crippen LogP contribution in [0, 0.1) is 12.8 Å². The van der Waals surface area contributed by atoms with E-state index in [-0.39, 0.29) is 11.9 Å². The van der Waals surface area contributed by atoms with Gasteiger partial charge in [-0.25, -0.2) is 4.98 Å². The molecule has 88 valence electrons. The van der Waals surface area contributed by atoms with Gasteiger partial charge in [0.1, 0.15) is 11.3 Å². The first-order valence-corrected chi connectivity index (χ1v) is 5.81. The molecule has 1 fully saturated rings. The second-order valence-corrected chi connectivity index (χ2v) is 4.41. The molecule has 17 heavy (non-hydrogen) atoms. The van der Waals surface area contributed by atoms with Crippen molar-refractivity contribution in [2.45, 2.75) is 26.2 Å². The summed E-state index contributed by atoms with van der Waals surface area (Å²) in [6.45, 7) is 1.79. The summed E-state index contributed by atoms with van der Waals surface area (Å²) in [7, 11) is 0. The number of aromatic nitrogens is 1. The fourth-order valence-corrected chi connectivity index (χ4v) is 1.93. The van der Waals surface area contributed by atoms with Gasteiger partial charge in [-0.2, -0.15) is 0 Å². The molecule has 4 heteroatoms. The van der Waals surface area contributed by atoms with Crippen molar-refractivity contribution in [3.8, 4) is 5.75 Å². The number of oxazole rings is 1. The second-order valence-electron chi connectivity index (χ2n) is 4.41. The van der Waals surface area contributed by atoms with Crippen molar-refractivity contribution in [2.75, 3.05) is 0 Å². The van der Waals surface area contributed by atoms with Gasteiger partial charge in [0.15, 0.2) is 11.5 Å². The van der Waals surface area contributed by atoms with E-state index in [4.69, 9.17) is 9.15 Å². The van der Waals surface area contributed by atoms with Gasteiger partial charge in [-0.3, -0.25) is 4.79 Å². The molecule has 0 radical (unpaired) electrons. The second kappa shape index (κ2) is 3.87. The van der Waals surface area contributed by atoms with Crippen molar-refractivity contribution in [1.82, 2.24) is 4.98 Å². The maximum absolute atomic E-state index is 11.7. The lowest BCUT2D eigenvalue weighted by Gasteiger charge is -2.22. The number of hydrogen-bond donors (Lipinski definition) is 0. The molecule has 1 aromatic carbocycles. The van der Waals surface area contributed by atoms with Gasteiger partial charge in [0.25, 0.3) is 0 Å². The highest BCUT2D eigenvalue weighted by Crippen LogP contribution is 2.29. The normalized spacial score (nSPS) is 15.8. The van der Waals surface area contributed by atoms with Gasteiger partial charge in [-0.05, 0) is 25.0 Å². The Morgan fingerprint density at radius 3 is 3.00 bits per heavy atom. The summed E-state index contributed by atoms with van der Waals surface area (Å²) in [6.07, 6.45) is 3.02. The van der Waals surface area contributed by atoms with E-state index in [1.165, 1.54) is 0 Å². The molecular formula is C13H13NO3. The predicted octanol–water partition coefficient (Wildman–Crippen LogP) is 2.84. The van der Waals surface area contributed by atoms with Crippen LogP contribution in [0.25, 0.3) is 11.1 Å². The average Bonchev–Trinajstić information content (AvgIpc) is 2.54. The minimum atomic E-state index is -0.133. The lowest BCUT2D eigenvalue weighted by molar-refractivity contribution is -0.141. The van der Waals surface area contributed by atoms with Crippen molar-refractivity contribution in [3.63, 3.8) is 0 Å². The van der Waals surface area contributed by atoms with E-state index in [0.717, 1.165) is 24.8 Å². The summed E-state index contributed by atoms with van der Waals surface area (Å²) in [5, 5.41) is 0. The van der Waals surface area contributed by atoms with Crippen LogP contribution < -0.4 is 4.74 Å². The first-order chi connectivity index (χ1) is 8.22. The van der Waals surface area contributed by atoms with E-state index in [0.29, 0.717) is 17.2 Å². The van der Waals surface area contributed by atoms with Crippen LogP contribution in [-0.2, 0) is 4.79 Å². The van der Waals surface area contributed by atoms with Crippen LogP contribution in [0.15, 0.2) is 22.6 Å². The molecule has 0 spiro atoms. The summed E-state index contributed by atoms with van der Waals surface area (Å²) in [5.41, 5.74) is 1.44. The highest BCUT2D eigenvalue weighted by atomic mass is 16.5. The Kier molecular flexibility index (Phi) is 2.35. The topological polar surface area (TPSA) is 52.3 Å². The molecule has 0 N–H and O–H groups in total. The Hall–Kier alpha value is -1.84. The number of esters is 1. The number of fused-ring (bicyclic) bond motifs is 1. The number of carbonyl (C=O) groups excluding carboxylic acids is 1. The maximum Gasteiger partial charge on any atom is 0.314 e. The summed E-state index contributed by atoms with van der Waals surface area (Å²) in [5.74, 6) is 1.10. The number of aryl methyl sites for hydroxylation is 1. The molecule has 1 aliphatic carbocycles. The number of rotatable bonds is 2. The predicted molar refractivity (Wildman–Crippen MR) is 61.7 cm³/mol. The van der Waals surface area contributed by atoms with Crippen LogP contribution in [0.1, 0.15) is 25.2 Å². The number of nitrogens with zero attached hydrogens (tertiary/aromatic N) is 1. The first-order valence-electron chi connectivity index (χ1n) is 5.81. The van der Waals surface area contributed by atoms with Crippen molar-refractivity contribution in [2.24, 2.45) is 5.92 Å². The van der Waals surface area contributed by atoms with E-state index in [1.807, 2.05) is 0 Å². The number of carbonyl (C=O) groups is 1.